The minimum absolute atomic E-state index is 0.678. The standard InChI is InChI=1S/C19H30O/c1-3-5-7-8-9-11-18(10-6-4-2)19-14-12-17(16-20)13-15-19/h12-16,18H,3-11H2,1-2H3. The summed E-state index contributed by atoms with van der Waals surface area (Å²) in [5.74, 6) is 0.678. The maximum atomic E-state index is 10.7. The Morgan fingerprint density at radius 1 is 0.850 bits per heavy atom. The second kappa shape index (κ2) is 10.7. The summed E-state index contributed by atoms with van der Waals surface area (Å²) in [6.45, 7) is 4.52. The van der Waals surface area contributed by atoms with Crippen LogP contribution in [0.5, 0.6) is 0 Å². The van der Waals surface area contributed by atoms with Gasteiger partial charge >= 0.3 is 0 Å². The fourth-order valence-electron chi connectivity index (χ4n) is 2.77. The number of carbonyl (C=O) groups excluding carboxylic acids is 1. The first kappa shape index (κ1) is 16.9. The van der Waals surface area contributed by atoms with Gasteiger partial charge in [0, 0.05) is 5.56 Å². The average molecular weight is 274 g/mol. The molecule has 0 saturated carbocycles. The molecule has 0 bridgehead atoms. The molecule has 0 saturated heterocycles. The molecule has 1 aromatic rings. The third-order valence-corrected chi connectivity index (χ3v) is 4.11. The maximum absolute atomic E-state index is 10.7. The molecule has 0 aliphatic rings. The molecule has 0 aliphatic heterocycles. The molecule has 112 valence electrons. The Bertz CT molecular complexity index is 353. The van der Waals surface area contributed by atoms with Crippen molar-refractivity contribution in [2.75, 3.05) is 0 Å². The molecule has 0 spiro atoms. The topological polar surface area (TPSA) is 17.1 Å². The number of aldehydes is 1. The van der Waals surface area contributed by atoms with Gasteiger partial charge in [-0.2, -0.15) is 0 Å². The van der Waals surface area contributed by atoms with Gasteiger partial charge in [-0.05, 0) is 24.3 Å². The van der Waals surface area contributed by atoms with Crippen molar-refractivity contribution in [1.29, 1.82) is 0 Å². The van der Waals surface area contributed by atoms with Gasteiger partial charge in [0.1, 0.15) is 6.29 Å². The van der Waals surface area contributed by atoms with Gasteiger partial charge in [-0.1, -0.05) is 83.1 Å². The molecule has 1 unspecified atom stereocenters. The van der Waals surface area contributed by atoms with Gasteiger partial charge in [-0.25, -0.2) is 0 Å². The fourth-order valence-corrected chi connectivity index (χ4v) is 2.77. The van der Waals surface area contributed by atoms with Crippen LogP contribution in [0.25, 0.3) is 0 Å². The maximum Gasteiger partial charge on any atom is 0.150 e. The average Bonchev–Trinajstić information content (AvgIpc) is 2.50. The second-order valence-corrected chi connectivity index (χ2v) is 5.83. The molecule has 0 aromatic heterocycles. The Labute approximate surface area is 124 Å². The highest BCUT2D eigenvalue weighted by atomic mass is 16.1. The molecular weight excluding hydrogens is 244 g/mol. The van der Waals surface area contributed by atoms with Crippen LogP contribution in [0, 0.1) is 0 Å². The second-order valence-electron chi connectivity index (χ2n) is 5.83. The summed E-state index contributed by atoms with van der Waals surface area (Å²) in [6.07, 6.45) is 12.8. The van der Waals surface area contributed by atoms with Gasteiger partial charge in [0.2, 0.25) is 0 Å². The van der Waals surface area contributed by atoms with Crippen LogP contribution < -0.4 is 0 Å². The van der Waals surface area contributed by atoms with Crippen molar-refractivity contribution in [3.63, 3.8) is 0 Å². The molecule has 0 aliphatic carbocycles. The van der Waals surface area contributed by atoms with E-state index in [1.165, 1.54) is 63.4 Å². The predicted molar refractivity (Wildman–Crippen MR) is 87.5 cm³/mol. The summed E-state index contributed by atoms with van der Waals surface area (Å²) in [7, 11) is 0. The molecule has 0 N–H and O–H groups in total. The van der Waals surface area contributed by atoms with Crippen molar-refractivity contribution in [2.24, 2.45) is 0 Å². The molecule has 0 heterocycles. The van der Waals surface area contributed by atoms with Crippen LogP contribution in [0.1, 0.15) is 93.5 Å². The Kier molecular flexibility index (Phi) is 9.02. The zero-order valence-corrected chi connectivity index (χ0v) is 13.2. The van der Waals surface area contributed by atoms with E-state index in [-0.39, 0.29) is 0 Å². The lowest BCUT2D eigenvalue weighted by Crippen LogP contribution is -2.00. The van der Waals surface area contributed by atoms with Crippen LogP contribution >= 0.6 is 0 Å². The lowest BCUT2D eigenvalue weighted by molar-refractivity contribution is 0.112. The lowest BCUT2D eigenvalue weighted by atomic mass is 9.88. The van der Waals surface area contributed by atoms with Crippen molar-refractivity contribution in [2.45, 2.75) is 77.6 Å². The molecule has 0 fully saturated rings. The van der Waals surface area contributed by atoms with E-state index in [4.69, 9.17) is 0 Å². The molecule has 1 atom stereocenters. The van der Waals surface area contributed by atoms with Gasteiger partial charge in [-0.15, -0.1) is 0 Å². The molecule has 1 rings (SSSR count). The third kappa shape index (κ3) is 6.36. The van der Waals surface area contributed by atoms with Gasteiger partial charge in [0.15, 0.2) is 0 Å². The molecular formula is C19H30O. The molecule has 1 aromatic carbocycles. The Morgan fingerprint density at radius 3 is 2.05 bits per heavy atom. The number of rotatable bonds is 11. The molecule has 20 heavy (non-hydrogen) atoms. The monoisotopic (exact) mass is 274 g/mol. The van der Waals surface area contributed by atoms with Crippen LogP contribution in [0.3, 0.4) is 0 Å². The van der Waals surface area contributed by atoms with E-state index in [0.717, 1.165) is 11.8 Å². The SMILES string of the molecule is CCCCCCCC(CCCC)c1ccc(C=O)cc1. The normalized spacial score (nSPS) is 12.3. The first-order valence-corrected chi connectivity index (χ1v) is 8.37. The largest absolute Gasteiger partial charge is 0.298 e. The van der Waals surface area contributed by atoms with Crippen LogP contribution in [0.15, 0.2) is 24.3 Å². The summed E-state index contributed by atoms with van der Waals surface area (Å²) in [4.78, 5) is 10.7. The van der Waals surface area contributed by atoms with E-state index >= 15 is 0 Å². The highest BCUT2D eigenvalue weighted by Crippen LogP contribution is 2.28. The van der Waals surface area contributed by atoms with Crippen LogP contribution in [0.4, 0.5) is 0 Å². The molecule has 1 heteroatoms. The quantitative estimate of drug-likeness (QED) is 0.350. The van der Waals surface area contributed by atoms with Crippen LogP contribution in [-0.4, -0.2) is 6.29 Å². The zero-order chi connectivity index (χ0) is 14.6. The summed E-state index contributed by atoms with van der Waals surface area (Å²) in [6, 6.07) is 8.21. The van der Waals surface area contributed by atoms with Crippen molar-refractivity contribution in [1.82, 2.24) is 0 Å². The van der Waals surface area contributed by atoms with Gasteiger partial charge in [-0.3, -0.25) is 4.79 Å². The highest BCUT2D eigenvalue weighted by Gasteiger charge is 2.10. The number of benzene rings is 1. The highest BCUT2D eigenvalue weighted by molar-refractivity contribution is 5.74. The summed E-state index contributed by atoms with van der Waals surface area (Å²) < 4.78 is 0. The third-order valence-electron chi connectivity index (χ3n) is 4.11. The minimum Gasteiger partial charge on any atom is -0.298 e. The van der Waals surface area contributed by atoms with Crippen molar-refractivity contribution < 1.29 is 4.79 Å². The Balaban J connectivity index is 2.50. The number of carbonyl (C=O) groups is 1. The lowest BCUT2D eigenvalue weighted by Gasteiger charge is -2.17. The first-order chi connectivity index (χ1) is 9.81. The minimum atomic E-state index is 0.678. The van der Waals surface area contributed by atoms with E-state index in [2.05, 4.69) is 26.0 Å². The van der Waals surface area contributed by atoms with Crippen LogP contribution in [-0.2, 0) is 0 Å². The van der Waals surface area contributed by atoms with Gasteiger partial charge < -0.3 is 0 Å². The Morgan fingerprint density at radius 2 is 1.45 bits per heavy atom. The smallest absolute Gasteiger partial charge is 0.150 e. The van der Waals surface area contributed by atoms with Gasteiger partial charge in [0.05, 0.1) is 0 Å². The summed E-state index contributed by atoms with van der Waals surface area (Å²) in [5.41, 5.74) is 2.20. The Hall–Kier alpha value is -1.11. The van der Waals surface area contributed by atoms with Crippen LogP contribution in [0.2, 0.25) is 0 Å². The van der Waals surface area contributed by atoms with E-state index in [0.29, 0.717) is 5.92 Å². The number of hydrogen-bond donors (Lipinski definition) is 0. The molecule has 1 nitrogen and oxygen atoms in total. The number of hydrogen-bond acceptors (Lipinski definition) is 1. The van der Waals surface area contributed by atoms with E-state index in [9.17, 15) is 4.79 Å². The number of unbranched alkanes of at least 4 members (excludes halogenated alkanes) is 5. The van der Waals surface area contributed by atoms with E-state index < -0.39 is 0 Å². The van der Waals surface area contributed by atoms with E-state index in [1.54, 1.807) is 0 Å². The predicted octanol–water partition coefficient (Wildman–Crippen LogP) is 6.13. The van der Waals surface area contributed by atoms with Crippen molar-refractivity contribution in [3.8, 4) is 0 Å². The zero-order valence-electron chi connectivity index (χ0n) is 13.2. The van der Waals surface area contributed by atoms with E-state index in [1.807, 2.05) is 12.1 Å². The van der Waals surface area contributed by atoms with Gasteiger partial charge in [0.25, 0.3) is 0 Å². The fraction of sp³-hybridized carbons (Fsp3) is 0.632. The summed E-state index contributed by atoms with van der Waals surface area (Å²) in [5, 5.41) is 0. The first-order valence-electron chi connectivity index (χ1n) is 8.37. The van der Waals surface area contributed by atoms with Crippen molar-refractivity contribution in [3.05, 3.63) is 35.4 Å². The molecule has 0 radical (unpaired) electrons. The summed E-state index contributed by atoms with van der Waals surface area (Å²) >= 11 is 0. The molecule has 0 amide bonds. The van der Waals surface area contributed by atoms with Crippen molar-refractivity contribution >= 4 is 6.29 Å².